The molecule has 4 rings (SSSR count). The Morgan fingerprint density at radius 2 is 1.90 bits per heavy atom. The molecule has 0 amide bonds. The molecule has 1 aliphatic rings. The fraction of sp³-hybridized carbons (Fsp3) is 0.400. The van der Waals surface area contributed by atoms with Gasteiger partial charge in [0.15, 0.2) is 0 Å². The van der Waals surface area contributed by atoms with Crippen molar-refractivity contribution in [2.45, 2.75) is 39.3 Å². The molecule has 160 valence electrons. The monoisotopic (exact) mass is 415 g/mol. The third-order valence-corrected chi connectivity index (χ3v) is 6.26. The van der Waals surface area contributed by atoms with Crippen molar-refractivity contribution in [2.75, 3.05) is 24.5 Å². The minimum atomic E-state index is -0.0612. The predicted molar refractivity (Wildman–Crippen MR) is 124 cm³/mol. The molecule has 1 aromatic carbocycles. The van der Waals surface area contributed by atoms with E-state index in [4.69, 9.17) is 0 Å². The molecule has 3 heterocycles. The van der Waals surface area contributed by atoms with E-state index in [1.54, 1.807) is 23.7 Å². The molecule has 0 spiro atoms. The van der Waals surface area contributed by atoms with E-state index >= 15 is 0 Å². The summed E-state index contributed by atoms with van der Waals surface area (Å²) in [5.41, 5.74) is 5.28. The van der Waals surface area contributed by atoms with E-state index in [0.717, 1.165) is 37.4 Å². The zero-order chi connectivity index (χ0) is 22.1. The molecule has 1 aliphatic heterocycles. The fourth-order valence-corrected chi connectivity index (χ4v) is 4.39. The molecule has 0 unspecified atom stereocenters. The van der Waals surface area contributed by atoms with Crippen molar-refractivity contribution >= 4 is 16.7 Å². The van der Waals surface area contributed by atoms with Gasteiger partial charge in [-0.1, -0.05) is 38.1 Å². The highest BCUT2D eigenvalue weighted by Gasteiger charge is 2.26. The molecule has 0 saturated carbocycles. The molecule has 1 atom stereocenters. The van der Waals surface area contributed by atoms with Crippen LogP contribution in [-0.2, 0) is 13.6 Å². The largest absolute Gasteiger partial charge is 0.364 e. The van der Waals surface area contributed by atoms with E-state index in [1.807, 2.05) is 6.07 Å². The van der Waals surface area contributed by atoms with Crippen LogP contribution in [0.15, 0.2) is 47.3 Å². The second-order valence-corrected chi connectivity index (χ2v) is 8.78. The lowest BCUT2D eigenvalue weighted by Crippen LogP contribution is -2.52. The van der Waals surface area contributed by atoms with Crippen LogP contribution in [0.25, 0.3) is 11.0 Å². The maximum atomic E-state index is 12.6. The van der Waals surface area contributed by atoms with Gasteiger partial charge in [0.2, 0.25) is 0 Å². The highest BCUT2D eigenvalue weighted by atomic mass is 16.1. The summed E-state index contributed by atoms with van der Waals surface area (Å²) in [6.07, 6.45) is 0. The van der Waals surface area contributed by atoms with Crippen molar-refractivity contribution in [3.05, 3.63) is 69.6 Å². The molecule has 31 heavy (non-hydrogen) atoms. The van der Waals surface area contributed by atoms with Crippen molar-refractivity contribution in [3.8, 4) is 6.07 Å². The first-order chi connectivity index (χ1) is 14.9. The maximum absolute atomic E-state index is 12.6. The summed E-state index contributed by atoms with van der Waals surface area (Å²) in [6, 6.07) is 16.4. The van der Waals surface area contributed by atoms with Crippen LogP contribution in [0, 0.1) is 11.3 Å². The van der Waals surface area contributed by atoms with Crippen LogP contribution in [-0.4, -0.2) is 40.1 Å². The number of benzene rings is 1. The summed E-state index contributed by atoms with van der Waals surface area (Å²) >= 11 is 0. The van der Waals surface area contributed by atoms with Crippen LogP contribution in [0.4, 0.5) is 5.69 Å². The number of aryl methyl sites for hydroxylation is 1. The summed E-state index contributed by atoms with van der Waals surface area (Å²) in [4.78, 5) is 21.8. The normalized spacial score (nSPS) is 17.3. The second-order valence-electron chi connectivity index (χ2n) is 8.78. The Balaban J connectivity index is 1.56. The third-order valence-electron chi connectivity index (χ3n) is 6.26. The van der Waals surface area contributed by atoms with Gasteiger partial charge in [0.05, 0.1) is 11.2 Å². The zero-order valence-electron chi connectivity index (χ0n) is 18.7. The first-order valence-corrected chi connectivity index (χ1v) is 10.9. The summed E-state index contributed by atoms with van der Waals surface area (Å²) < 4.78 is 1.59. The Hall–Kier alpha value is -3.17. The minimum absolute atomic E-state index is 0.0612. The van der Waals surface area contributed by atoms with E-state index in [2.05, 4.69) is 65.9 Å². The topological polar surface area (TPSA) is 65.2 Å². The average Bonchev–Trinajstić information content (AvgIpc) is 2.76. The van der Waals surface area contributed by atoms with Crippen molar-refractivity contribution in [1.29, 1.82) is 5.26 Å². The van der Waals surface area contributed by atoms with Crippen molar-refractivity contribution in [3.63, 3.8) is 0 Å². The number of fused-ring (bicyclic) bond motifs is 1. The van der Waals surface area contributed by atoms with Gasteiger partial charge in [-0.2, -0.15) is 5.26 Å². The first-order valence-electron chi connectivity index (χ1n) is 10.9. The lowest BCUT2D eigenvalue weighted by molar-refractivity contribution is 0.221. The number of nitriles is 1. The number of anilines is 1. The Morgan fingerprint density at radius 1 is 1.16 bits per heavy atom. The van der Waals surface area contributed by atoms with E-state index in [0.29, 0.717) is 17.1 Å². The van der Waals surface area contributed by atoms with E-state index in [9.17, 15) is 10.1 Å². The van der Waals surface area contributed by atoms with Gasteiger partial charge in [-0.05, 0) is 36.1 Å². The van der Waals surface area contributed by atoms with Gasteiger partial charge in [-0.25, -0.2) is 4.98 Å². The van der Waals surface area contributed by atoms with Crippen LogP contribution in [0.5, 0.6) is 0 Å². The fourth-order valence-electron chi connectivity index (χ4n) is 4.39. The van der Waals surface area contributed by atoms with Gasteiger partial charge in [0, 0.05) is 45.3 Å². The number of nitrogens with zero attached hydrogens (tertiary/aromatic N) is 5. The highest BCUT2D eigenvalue weighted by molar-refractivity contribution is 5.88. The SMILES string of the molecule is CC(C)c1ccc(CN2CCN(c3cc(=O)n(C)c4ccc(C#N)nc34)[C@@H](C)C2)cc1. The van der Waals surface area contributed by atoms with E-state index in [-0.39, 0.29) is 11.6 Å². The number of hydrogen-bond acceptors (Lipinski definition) is 5. The van der Waals surface area contributed by atoms with Crippen molar-refractivity contribution < 1.29 is 0 Å². The molecule has 1 saturated heterocycles. The lowest BCUT2D eigenvalue weighted by Gasteiger charge is -2.41. The van der Waals surface area contributed by atoms with Gasteiger partial charge < -0.3 is 9.47 Å². The molecule has 0 radical (unpaired) electrons. The summed E-state index contributed by atoms with van der Waals surface area (Å²) in [5.74, 6) is 0.543. The maximum Gasteiger partial charge on any atom is 0.252 e. The number of pyridine rings is 2. The van der Waals surface area contributed by atoms with Crippen LogP contribution >= 0.6 is 0 Å². The summed E-state index contributed by atoms with van der Waals surface area (Å²) in [5, 5.41) is 9.30. The average molecular weight is 416 g/mol. The molecule has 0 bridgehead atoms. The van der Waals surface area contributed by atoms with Gasteiger partial charge in [-0.3, -0.25) is 9.69 Å². The van der Waals surface area contributed by atoms with E-state index in [1.165, 1.54) is 11.1 Å². The Kier molecular flexibility index (Phi) is 5.79. The Labute approximate surface area is 183 Å². The van der Waals surface area contributed by atoms with Crippen LogP contribution in [0.3, 0.4) is 0 Å². The molecule has 2 aromatic heterocycles. The molecule has 0 N–H and O–H groups in total. The number of piperazine rings is 1. The van der Waals surface area contributed by atoms with Gasteiger partial charge in [0.25, 0.3) is 5.56 Å². The minimum Gasteiger partial charge on any atom is -0.364 e. The van der Waals surface area contributed by atoms with Gasteiger partial charge >= 0.3 is 0 Å². The first kappa shape index (κ1) is 21.1. The number of rotatable bonds is 4. The quantitative estimate of drug-likeness (QED) is 0.651. The highest BCUT2D eigenvalue weighted by Crippen LogP contribution is 2.27. The second kappa shape index (κ2) is 8.52. The molecular formula is C25H29N5O. The molecule has 0 aliphatic carbocycles. The standard InChI is InChI=1S/C25H29N5O/c1-17(2)20-7-5-19(6-8-20)16-29-11-12-30(18(3)15-29)23-13-24(31)28(4)22-10-9-21(14-26)27-25(22)23/h5-10,13,17-18H,11-12,15-16H2,1-4H3/t18-/m0/s1. The molecule has 1 fully saturated rings. The lowest BCUT2D eigenvalue weighted by atomic mass is 10.0. The zero-order valence-corrected chi connectivity index (χ0v) is 18.7. The molecule has 3 aromatic rings. The van der Waals surface area contributed by atoms with Crippen LogP contribution in [0.2, 0.25) is 0 Å². The van der Waals surface area contributed by atoms with Crippen molar-refractivity contribution in [1.82, 2.24) is 14.5 Å². The molecular weight excluding hydrogens is 386 g/mol. The van der Waals surface area contributed by atoms with Crippen LogP contribution in [0.1, 0.15) is 43.5 Å². The van der Waals surface area contributed by atoms with Crippen molar-refractivity contribution in [2.24, 2.45) is 7.05 Å². The summed E-state index contributed by atoms with van der Waals surface area (Å²) in [6.45, 7) is 10.2. The number of hydrogen-bond donors (Lipinski definition) is 0. The Bertz CT molecular complexity index is 1190. The molecule has 6 nitrogen and oxygen atoms in total. The van der Waals surface area contributed by atoms with Gasteiger partial charge in [-0.15, -0.1) is 0 Å². The van der Waals surface area contributed by atoms with Gasteiger partial charge in [0.1, 0.15) is 17.3 Å². The van der Waals surface area contributed by atoms with Crippen LogP contribution < -0.4 is 10.5 Å². The van der Waals surface area contributed by atoms with E-state index < -0.39 is 0 Å². The molecule has 6 heteroatoms. The predicted octanol–water partition coefficient (Wildman–Crippen LogP) is 3.64. The Morgan fingerprint density at radius 3 is 2.55 bits per heavy atom. The third kappa shape index (κ3) is 4.19. The summed E-state index contributed by atoms with van der Waals surface area (Å²) in [7, 11) is 1.74. The smallest absolute Gasteiger partial charge is 0.252 e. The number of aromatic nitrogens is 2.